The van der Waals surface area contributed by atoms with E-state index in [-0.39, 0.29) is 23.5 Å². The van der Waals surface area contributed by atoms with Crippen LogP contribution in [0, 0.1) is 11.8 Å². The van der Waals surface area contributed by atoms with Crippen LogP contribution in [-0.2, 0) is 9.22 Å². The molecule has 0 saturated heterocycles. The molecular weight excluding hydrogens is 368 g/mol. The predicted octanol–water partition coefficient (Wildman–Crippen LogP) is 6.16. The van der Waals surface area contributed by atoms with Gasteiger partial charge in [0.2, 0.25) is 0 Å². The Balaban J connectivity index is 2.83. The summed E-state index contributed by atoms with van der Waals surface area (Å²) in [4.78, 5) is 11.2. The first-order valence-electron chi connectivity index (χ1n) is 11.2. The van der Waals surface area contributed by atoms with Crippen molar-refractivity contribution >= 4 is 14.3 Å². The summed E-state index contributed by atoms with van der Waals surface area (Å²) < 4.78 is 6.83. The van der Waals surface area contributed by atoms with E-state index in [9.17, 15) is 15.0 Å². The molecule has 0 aliphatic heterocycles. The summed E-state index contributed by atoms with van der Waals surface area (Å²) in [6, 6.07) is 0. The van der Waals surface area contributed by atoms with Crippen molar-refractivity contribution in [3.8, 4) is 0 Å². The van der Waals surface area contributed by atoms with Crippen LogP contribution in [0.2, 0.25) is 18.1 Å². The zero-order valence-electron chi connectivity index (χ0n) is 19.3. The van der Waals surface area contributed by atoms with Crippen molar-refractivity contribution in [3.63, 3.8) is 0 Å². The summed E-state index contributed by atoms with van der Waals surface area (Å²) in [5.74, 6) is -0.578. The van der Waals surface area contributed by atoms with Gasteiger partial charge in [-0.15, -0.1) is 0 Å². The summed E-state index contributed by atoms with van der Waals surface area (Å²) in [5.41, 5.74) is 1.11. The van der Waals surface area contributed by atoms with Gasteiger partial charge in [0.15, 0.2) is 8.32 Å². The standard InChI is InChI=1S/C23H44O4Si/c1-8-9-10-11-17(2)21(27-28(6,7)23(3,4)5)15-13-18-12-14-20(24)19(18)16-22(25)26/h12,17,19-21,24H,8-11,13-16H2,1-7H3,(H,25,26)/t17?,19-,20+,21?/m1/s1. The van der Waals surface area contributed by atoms with Crippen molar-refractivity contribution in [2.45, 2.75) is 116 Å². The number of rotatable bonds is 12. The second-order valence-corrected chi connectivity index (χ2v) is 15.0. The number of hydrogen-bond donors (Lipinski definition) is 2. The van der Waals surface area contributed by atoms with E-state index in [4.69, 9.17) is 4.43 Å². The lowest BCUT2D eigenvalue weighted by molar-refractivity contribution is -0.138. The van der Waals surface area contributed by atoms with E-state index in [1.807, 2.05) is 0 Å². The molecule has 0 heterocycles. The van der Waals surface area contributed by atoms with Crippen molar-refractivity contribution in [1.29, 1.82) is 0 Å². The molecular formula is C23H44O4Si. The number of aliphatic carboxylic acids is 1. The Kier molecular flexibility index (Phi) is 9.91. The highest BCUT2D eigenvalue weighted by molar-refractivity contribution is 6.74. The maximum absolute atomic E-state index is 11.2. The highest BCUT2D eigenvalue weighted by atomic mass is 28.4. The first-order chi connectivity index (χ1) is 12.9. The fraction of sp³-hybridized carbons (Fsp3) is 0.870. The van der Waals surface area contributed by atoms with Gasteiger partial charge in [0.1, 0.15) is 0 Å². The normalized spacial score (nSPS) is 22.8. The third-order valence-corrected chi connectivity index (χ3v) is 11.3. The van der Waals surface area contributed by atoms with E-state index in [0.717, 1.165) is 18.4 Å². The largest absolute Gasteiger partial charge is 0.481 e. The fourth-order valence-corrected chi connectivity index (χ4v) is 5.26. The highest BCUT2D eigenvalue weighted by Crippen LogP contribution is 2.40. The minimum Gasteiger partial charge on any atom is -0.481 e. The van der Waals surface area contributed by atoms with Crippen LogP contribution in [0.3, 0.4) is 0 Å². The van der Waals surface area contributed by atoms with Gasteiger partial charge in [-0.05, 0) is 49.7 Å². The van der Waals surface area contributed by atoms with Crippen LogP contribution >= 0.6 is 0 Å². The zero-order chi connectivity index (χ0) is 21.5. The molecule has 0 radical (unpaired) electrons. The van der Waals surface area contributed by atoms with Gasteiger partial charge in [0, 0.05) is 12.0 Å². The Morgan fingerprint density at radius 2 is 1.93 bits per heavy atom. The molecule has 5 heteroatoms. The van der Waals surface area contributed by atoms with Crippen LogP contribution in [-0.4, -0.2) is 36.7 Å². The predicted molar refractivity (Wildman–Crippen MR) is 119 cm³/mol. The number of carboxylic acid groups (broad SMARTS) is 1. The summed E-state index contributed by atoms with van der Waals surface area (Å²) in [6.45, 7) is 16.0. The fourth-order valence-electron chi connectivity index (χ4n) is 3.80. The molecule has 0 saturated carbocycles. The molecule has 1 rings (SSSR count). The summed E-state index contributed by atoms with van der Waals surface area (Å²) in [6.07, 6.45) is 8.93. The molecule has 1 aliphatic carbocycles. The molecule has 28 heavy (non-hydrogen) atoms. The number of carboxylic acids is 1. The van der Waals surface area contributed by atoms with E-state index in [2.05, 4.69) is 53.8 Å². The summed E-state index contributed by atoms with van der Waals surface area (Å²) in [7, 11) is -1.87. The van der Waals surface area contributed by atoms with Gasteiger partial charge in [-0.25, -0.2) is 0 Å². The van der Waals surface area contributed by atoms with E-state index >= 15 is 0 Å². The number of hydrogen-bond acceptors (Lipinski definition) is 3. The first-order valence-corrected chi connectivity index (χ1v) is 14.1. The molecule has 1 aliphatic rings. The number of unbranched alkanes of at least 4 members (excludes halogenated alkanes) is 2. The minimum absolute atomic E-state index is 0.0206. The monoisotopic (exact) mass is 412 g/mol. The van der Waals surface area contributed by atoms with Crippen molar-refractivity contribution in [1.82, 2.24) is 0 Å². The van der Waals surface area contributed by atoms with Crippen molar-refractivity contribution in [2.24, 2.45) is 11.8 Å². The second kappa shape index (κ2) is 10.9. The molecule has 4 atom stereocenters. The lowest BCUT2D eigenvalue weighted by Crippen LogP contribution is -2.45. The van der Waals surface area contributed by atoms with Gasteiger partial charge >= 0.3 is 5.97 Å². The number of aliphatic hydroxyl groups is 1. The van der Waals surface area contributed by atoms with E-state index < -0.39 is 20.4 Å². The topological polar surface area (TPSA) is 66.8 Å². The number of carbonyl (C=O) groups is 1. The molecule has 4 nitrogen and oxygen atoms in total. The van der Waals surface area contributed by atoms with Gasteiger partial charge in [-0.2, -0.15) is 0 Å². The summed E-state index contributed by atoms with van der Waals surface area (Å²) in [5, 5.41) is 19.5. The number of aliphatic hydroxyl groups excluding tert-OH is 1. The van der Waals surface area contributed by atoms with Gasteiger partial charge in [0.25, 0.3) is 0 Å². The zero-order valence-corrected chi connectivity index (χ0v) is 20.3. The Labute approximate surface area is 173 Å². The lowest BCUT2D eigenvalue weighted by Gasteiger charge is -2.41. The van der Waals surface area contributed by atoms with Crippen molar-refractivity contribution in [3.05, 3.63) is 11.6 Å². The van der Waals surface area contributed by atoms with E-state index in [1.165, 1.54) is 25.7 Å². The molecule has 0 aromatic carbocycles. The third kappa shape index (κ3) is 7.64. The average molecular weight is 413 g/mol. The quantitative estimate of drug-likeness (QED) is 0.229. The Morgan fingerprint density at radius 3 is 2.46 bits per heavy atom. The van der Waals surface area contributed by atoms with E-state index in [0.29, 0.717) is 12.3 Å². The van der Waals surface area contributed by atoms with Crippen molar-refractivity contribution in [2.75, 3.05) is 0 Å². The van der Waals surface area contributed by atoms with Crippen molar-refractivity contribution < 1.29 is 19.4 Å². The molecule has 0 fully saturated rings. The smallest absolute Gasteiger partial charge is 0.304 e. The van der Waals surface area contributed by atoms with Crippen LogP contribution in [0.25, 0.3) is 0 Å². The molecule has 2 N–H and O–H groups in total. The summed E-state index contributed by atoms with van der Waals surface area (Å²) >= 11 is 0. The molecule has 2 unspecified atom stereocenters. The van der Waals surface area contributed by atoms with Crippen LogP contribution in [0.4, 0.5) is 0 Å². The molecule has 164 valence electrons. The Hall–Kier alpha value is -0.653. The second-order valence-electron chi connectivity index (χ2n) is 10.2. The van der Waals surface area contributed by atoms with Crippen LogP contribution < -0.4 is 0 Å². The third-order valence-electron chi connectivity index (χ3n) is 6.82. The molecule has 0 spiro atoms. The minimum atomic E-state index is -1.87. The molecule has 0 aromatic rings. The first kappa shape index (κ1) is 25.4. The Morgan fingerprint density at radius 1 is 1.29 bits per heavy atom. The van der Waals surface area contributed by atoms with Gasteiger partial charge in [0.05, 0.1) is 12.5 Å². The molecule has 0 aromatic heterocycles. The van der Waals surface area contributed by atoms with Gasteiger partial charge in [-0.1, -0.05) is 65.5 Å². The van der Waals surface area contributed by atoms with Crippen LogP contribution in [0.15, 0.2) is 11.6 Å². The highest BCUT2D eigenvalue weighted by Gasteiger charge is 2.40. The molecule has 0 bridgehead atoms. The van der Waals surface area contributed by atoms with E-state index in [1.54, 1.807) is 0 Å². The van der Waals surface area contributed by atoms with Gasteiger partial charge in [-0.3, -0.25) is 4.79 Å². The van der Waals surface area contributed by atoms with Crippen LogP contribution in [0.1, 0.15) is 86.0 Å². The SMILES string of the molecule is CCCCCC(C)C(CCC1=CC[C@H](O)[C@@H]1CC(=O)O)O[Si](C)(C)C(C)(C)C. The average Bonchev–Trinajstić information content (AvgIpc) is 2.90. The maximum atomic E-state index is 11.2. The molecule has 0 amide bonds. The van der Waals surface area contributed by atoms with Gasteiger partial charge < -0.3 is 14.6 Å². The lowest BCUT2D eigenvalue weighted by atomic mass is 9.88. The maximum Gasteiger partial charge on any atom is 0.304 e. The van der Waals surface area contributed by atoms with Crippen LogP contribution in [0.5, 0.6) is 0 Å². The Bertz CT molecular complexity index is 521.